The number of furan rings is 1. The van der Waals surface area contributed by atoms with Crippen LogP contribution in [0.15, 0.2) is 77.2 Å². The number of anilines is 1. The molecule has 3 heteroatoms. The zero-order chi connectivity index (χ0) is 17.2. The molecule has 0 spiro atoms. The topological polar surface area (TPSA) is 42.2 Å². The van der Waals surface area contributed by atoms with E-state index in [0.29, 0.717) is 6.42 Å². The third-order valence-electron chi connectivity index (χ3n) is 4.52. The van der Waals surface area contributed by atoms with E-state index in [1.54, 1.807) is 0 Å². The van der Waals surface area contributed by atoms with Gasteiger partial charge in [0.05, 0.1) is 0 Å². The Morgan fingerprint density at radius 3 is 2.48 bits per heavy atom. The molecule has 3 aromatic carbocycles. The Morgan fingerprint density at radius 1 is 0.920 bits per heavy atom. The van der Waals surface area contributed by atoms with Crippen LogP contribution in [0.1, 0.15) is 24.8 Å². The van der Waals surface area contributed by atoms with E-state index in [-0.39, 0.29) is 11.8 Å². The van der Waals surface area contributed by atoms with Crippen molar-refractivity contribution in [2.24, 2.45) is 0 Å². The van der Waals surface area contributed by atoms with Gasteiger partial charge in [-0.25, -0.2) is 0 Å². The summed E-state index contributed by atoms with van der Waals surface area (Å²) < 4.78 is 5.82. The van der Waals surface area contributed by atoms with Crippen molar-refractivity contribution in [3.8, 4) is 0 Å². The van der Waals surface area contributed by atoms with E-state index in [9.17, 15) is 4.79 Å². The summed E-state index contributed by atoms with van der Waals surface area (Å²) in [5.74, 6) is 0.197. The van der Waals surface area contributed by atoms with Gasteiger partial charge in [-0.15, -0.1) is 0 Å². The summed E-state index contributed by atoms with van der Waals surface area (Å²) in [5.41, 5.74) is 3.66. The number of benzene rings is 3. The maximum Gasteiger partial charge on any atom is 0.224 e. The summed E-state index contributed by atoms with van der Waals surface area (Å²) in [6.45, 7) is 2.07. The first kappa shape index (κ1) is 15.5. The minimum absolute atomic E-state index is 0.0171. The lowest BCUT2D eigenvalue weighted by Crippen LogP contribution is -2.14. The van der Waals surface area contributed by atoms with E-state index in [0.717, 1.165) is 27.6 Å². The van der Waals surface area contributed by atoms with Crippen LogP contribution in [-0.2, 0) is 4.79 Å². The molecule has 0 fully saturated rings. The Labute approximate surface area is 146 Å². The van der Waals surface area contributed by atoms with Gasteiger partial charge in [0.15, 0.2) is 0 Å². The first-order valence-electron chi connectivity index (χ1n) is 8.47. The first-order valence-corrected chi connectivity index (χ1v) is 8.47. The average Bonchev–Trinajstić information content (AvgIpc) is 3.00. The summed E-state index contributed by atoms with van der Waals surface area (Å²) in [6.07, 6.45) is 0.453. The van der Waals surface area contributed by atoms with Crippen molar-refractivity contribution in [2.75, 3.05) is 5.32 Å². The molecule has 1 amide bonds. The third kappa shape index (κ3) is 3.13. The van der Waals surface area contributed by atoms with Crippen molar-refractivity contribution in [1.82, 2.24) is 0 Å². The first-order chi connectivity index (χ1) is 12.2. The second-order valence-electron chi connectivity index (χ2n) is 6.37. The predicted molar refractivity (Wildman–Crippen MR) is 102 cm³/mol. The fourth-order valence-corrected chi connectivity index (χ4v) is 3.19. The van der Waals surface area contributed by atoms with Crippen LogP contribution in [0.3, 0.4) is 0 Å². The molecular weight excluding hydrogens is 310 g/mol. The lowest BCUT2D eigenvalue weighted by atomic mass is 9.97. The highest BCUT2D eigenvalue weighted by Crippen LogP contribution is 2.30. The number of carbonyl (C=O) groups is 1. The zero-order valence-electron chi connectivity index (χ0n) is 14.0. The Hall–Kier alpha value is -3.07. The molecule has 0 aliphatic heterocycles. The molecular formula is C22H19NO2. The van der Waals surface area contributed by atoms with Crippen LogP contribution >= 0.6 is 0 Å². The van der Waals surface area contributed by atoms with Gasteiger partial charge in [-0.2, -0.15) is 0 Å². The Bertz CT molecular complexity index is 1030. The summed E-state index contributed by atoms with van der Waals surface area (Å²) in [7, 11) is 0. The van der Waals surface area contributed by atoms with E-state index in [1.165, 1.54) is 5.56 Å². The maximum absolute atomic E-state index is 12.4. The highest BCUT2D eigenvalue weighted by Gasteiger charge is 2.12. The molecule has 1 atom stereocenters. The summed E-state index contributed by atoms with van der Waals surface area (Å²) >= 11 is 0. The average molecular weight is 329 g/mol. The highest BCUT2D eigenvalue weighted by molar-refractivity contribution is 6.06. The van der Waals surface area contributed by atoms with Crippen molar-refractivity contribution in [3.05, 3.63) is 78.4 Å². The minimum atomic E-state index is 0.0171. The smallest absolute Gasteiger partial charge is 0.224 e. The largest absolute Gasteiger partial charge is 0.456 e. The number of nitrogens with one attached hydrogen (secondary N) is 1. The number of carbonyl (C=O) groups excluding carboxylic acids is 1. The van der Waals surface area contributed by atoms with Crippen LogP contribution in [0.5, 0.6) is 0 Å². The number of amides is 1. The third-order valence-corrected chi connectivity index (χ3v) is 4.52. The van der Waals surface area contributed by atoms with Crippen LogP contribution in [0.25, 0.3) is 21.9 Å². The standard InChI is InChI=1S/C22H19NO2/c1-15(16-7-3-2-4-8-16)13-22(24)23-17-11-12-21-19(14-17)18-9-5-6-10-20(18)25-21/h2-12,14-15H,13H2,1H3,(H,23,24). The van der Waals surface area contributed by atoms with Crippen molar-refractivity contribution in [1.29, 1.82) is 0 Å². The minimum Gasteiger partial charge on any atom is -0.456 e. The Morgan fingerprint density at radius 2 is 1.64 bits per heavy atom. The molecule has 0 saturated carbocycles. The monoisotopic (exact) mass is 329 g/mol. The molecule has 25 heavy (non-hydrogen) atoms. The molecule has 0 aliphatic rings. The van der Waals surface area contributed by atoms with Gasteiger partial charge in [-0.3, -0.25) is 4.79 Å². The summed E-state index contributed by atoms with van der Waals surface area (Å²) in [5, 5.41) is 5.09. The molecule has 4 aromatic rings. The van der Waals surface area contributed by atoms with Gasteiger partial charge >= 0.3 is 0 Å². The van der Waals surface area contributed by atoms with Gasteiger partial charge < -0.3 is 9.73 Å². The van der Waals surface area contributed by atoms with Crippen molar-refractivity contribution < 1.29 is 9.21 Å². The van der Waals surface area contributed by atoms with Crippen molar-refractivity contribution >= 4 is 33.5 Å². The van der Waals surface area contributed by atoms with E-state index < -0.39 is 0 Å². The number of rotatable bonds is 4. The van der Waals surface area contributed by atoms with Gasteiger partial charge in [-0.1, -0.05) is 55.5 Å². The predicted octanol–water partition coefficient (Wildman–Crippen LogP) is 5.72. The van der Waals surface area contributed by atoms with Crippen LogP contribution < -0.4 is 5.32 Å². The van der Waals surface area contributed by atoms with Crippen LogP contribution in [0.2, 0.25) is 0 Å². The molecule has 1 unspecified atom stereocenters. The van der Waals surface area contributed by atoms with Crippen LogP contribution in [0.4, 0.5) is 5.69 Å². The fraction of sp³-hybridized carbons (Fsp3) is 0.136. The lowest BCUT2D eigenvalue weighted by molar-refractivity contribution is -0.116. The summed E-state index contributed by atoms with van der Waals surface area (Å²) in [6, 6.07) is 23.8. The van der Waals surface area contributed by atoms with E-state index in [4.69, 9.17) is 4.42 Å². The quantitative estimate of drug-likeness (QED) is 0.520. The van der Waals surface area contributed by atoms with Gasteiger partial charge in [-0.05, 0) is 35.7 Å². The van der Waals surface area contributed by atoms with Gasteiger partial charge in [0.2, 0.25) is 5.91 Å². The SMILES string of the molecule is CC(CC(=O)Nc1ccc2oc3ccccc3c2c1)c1ccccc1. The maximum atomic E-state index is 12.4. The number of para-hydroxylation sites is 1. The molecule has 0 aliphatic carbocycles. The fourth-order valence-electron chi connectivity index (χ4n) is 3.19. The molecule has 124 valence electrons. The van der Waals surface area contributed by atoms with Gasteiger partial charge in [0.1, 0.15) is 11.2 Å². The van der Waals surface area contributed by atoms with Crippen molar-refractivity contribution in [2.45, 2.75) is 19.3 Å². The van der Waals surface area contributed by atoms with Crippen molar-refractivity contribution in [3.63, 3.8) is 0 Å². The molecule has 0 saturated heterocycles. The molecule has 3 nitrogen and oxygen atoms in total. The lowest BCUT2D eigenvalue weighted by Gasteiger charge is -2.12. The van der Waals surface area contributed by atoms with E-state index in [1.807, 2.05) is 60.7 Å². The molecule has 1 aromatic heterocycles. The normalized spacial score (nSPS) is 12.4. The second-order valence-corrected chi connectivity index (χ2v) is 6.37. The zero-order valence-corrected chi connectivity index (χ0v) is 14.0. The van der Waals surface area contributed by atoms with Gasteiger partial charge in [0.25, 0.3) is 0 Å². The second kappa shape index (κ2) is 6.44. The molecule has 1 heterocycles. The number of fused-ring (bicyclic) bond motifs is 3. The van der Waals surface area contributed by atoms with Crippen LogP contribution in [0, 0.1) is 0 Å². The molecule has 0 radical (unpaired) electrons. The number of hydrogen-bond donors (Lipinski definition) is 1. The van der Waals surface area contributed by atoms with E-state index >= 15 is 0 Å². The highest BCUT2D eigenvalue weighted by atomic mass is 16.3. The number of hydrogen-bond acceptors (Lipinski definition) is 2. The molecule has 4 rings (SSSR count). The molecule has 1 N–H and O–H groups in total. The van der Waals surface area contributed by atoms with E-state index in [2.05, 4.69) is 24.4 Å². The Kier molecular flexibility index (Phi) is 3.98. The molecule has 0 bridgehead atoms. The van der Waals surface area contributed by atoms with Gasteiger partial charge in [0, 0.05) is 22.9 Å². The summed E-state index contributed by atoms with van der Waals surface area (Å²) in [4.78, 5) is 12.4. The van der Waals surface area contributed by atoms with Crippen LogP contribution in [-0.4, -0.2) is 5.91 Å². The Balaban J connectivity index is 1.54.